The number of fused-ring (bicyclic) bond motifs is 1. The minimum absolute atomic E-state index is 0.238. The molecular weight excluding hydrogens is 409 g/mol. The van der Waals surface area contributed by atoms with Crippen LogP contribution in [0.3, 0.4) is 0 Å². The maximum atomic E-state index is 13.7. The monoisotopic (exact) mass is 435 g/mol. The van der Waals surface area contributed by atoms with Crippen molar-refractivity contribution in [2.45, 2.75) is 18.9 Å². The van der Waals surface area contributed by atoms with E-state index in [0.717, 1.165) is 11.3 Å². The molecule has 1 aliphatic heterocycles. The van der Waals surface area contributed by atoms with E-state index in [-0.39, 0.29) is 5.91 Å². The van der Waals surface area contributed by atoms with Crippen LogP contribution in [0.5, 0.6) is 0 Å². The van der Waals surface area contributed by atoms with Gasteiger partial charge in [0.25, 0.3) is 0 Å². The van der Waals surface area contributed by atoms with Gasteiger partial charge in [0, 0.05) is 38.6 Å². The second kappa shape index (κ2) is 9.42. The van der Waals surface area contributed by atoms with Crippen LogP contribution in [0.15, 0.2) is 60.9 Å². The Morgan fingerprint density at radius 2 is 2.06 bits per heavy atom. The lowest BCUT2D eigenvalue weighted by atomic mass is 9.79. The number of benzene rings is 1. The highest BCUT2D eigenvalue weighted by molar-refractivity contribution is 5.99. The number of pyridine rings is 2. The second-order valence-corrected chi connectivity index (χ2v) is 8.07. The van der Waals surface area contributed by atoms with Crippen molar-refractivity contribution >= 4 is 23.1 Å². The molecule has 0 saturated carbocycles. The van der Waals surface area contributed by atoms with Gasteiger partial charge in [-0.2, -0.15) is 0 Å². The lowest BCUT2D eigenvalue weighted by Crippen LogP contribution is -2.52. The first-order chi connectivity index (χ1) is 15.5. The minimum Gasteiger partial charge on any atom is -0.383 e. The standard InChI is InChI=1S/C24H26FN5O2/c1-24(23(31)28-19-6-3-5-18(25)13-19)16-30(11-12-32-2)15-17-8-9-21(29-22(17)24)27-20-7-4-10-26-14-20/h3-10,13-14H,11-12,15-16H2,1-2H3,(H,27,29)(H,28,31). The average molecular weight is 436 g/mol. The molecule has 32 heavy (non-hydrogen) atoms. The fourth-order valence-corrected chi connectivity index (χ4v) is 3.96. The smallest absolute Gasteiger partial charge is 0.237 e. The fourth-order valence-electron chi connectivity index (χ4n) is 3.96. The molecule has 1 unspecified atom stereocenters. The normalized spacial score (nSPS) is 18.1. The summed E-state index contributed by atoms with van der Waals surface area (Å²) < 4.78 is 18.9. The fraction of sp³-hybridized carbons (Fsp3) is 0.292. The van der Waals surface area contributed by atoms with Crippen molar-refractivity contribution in [1.82, 2.24) is 14.9 Å². The van der Waals surface area contributed by atoms with Crippen LogP contribution in [0.4, 0.5) is 21.6 Å². The molecule has 8 heteroatoms. The van der Waals surface area contributed by atoms with Gasteiger partial charge >= 0.3 is 0 Å². The largest absolute Gasteiger partial charge is 0.383 e. The van der Waals surface area contributed by atoms with Crippen LogP contribution >= 0.6 is 0 Å². The third-order valence-electron chi connectivity index (χ3n) is 5.56. The van der Waals surface area contributed by atoms with Crippen molar-refractivity contribution in [3.63, 3.8) is 0 Å². The van der Waals surface area contributed by atoms with Crippen molar-refractivity contribution in [2.75, 3.05) is 37.4 Å². The van der Waals surface area contributed by atoms with E-state index in [1.807, 2.05) is 31.2 Å². The van der Waals surface area contributed by atoms with Crippen molar-refractivity contribution < 1.29 is 13.9 Å². The van der Waals surface area contributed by atoms with Gasteiger partial charge in [0.1, 0.15) is 17.1 Å². The number of carbonyl (C=O) groups excluding carboxylic acids is 1. The van der Waals surface area contributed by atoms with Crippen LogP contribution in [-0.2, 0) is 21.5 Å². The van der Waals surface area contributed by atoms with Gasteiger partial charge < -0.3 is 15.4 Å². The lowest BCUT2D eigenvalue weighted by Gasteiger charge is -2.40. The van der Waals surface area contributed by atoms with Gasteiger partial charge in [0.15, 0.2) is 0 Å². The van der Waals surface area contributed by atoms with Crippen LogP contribution in [0.2, 0.25) is 0 Å². The number of anilines is 3. The Bertz CT molecular complexity index is 1090. The Morgan fingerprint density at radius 3 is 2.81 bits per heavy atom. The first-order valence-electron chi connectivity index (χ1n) is 10.4. The number of rotatable bonds is 7. The maximum Gasteiger partial charge on any atom is 0.237 e. The van der Waals surface area contributed by atoms with Crippen LogP contribution in [0.1, 0.15) is 18.2 Å². The second-order valence-electron chi connectivity index (χ2n) is 8.07. The summed E-state index contributed by atoms with van der Waals surface area (Å²) in [5.41, 5.74) is 1.95. The van der Waals surface area contributed by atoms with E-state index in [9.17, 15) is 9.18 Å². The van der Waals surface area contributed by atoms with Crippen molar-refractivity contribution in [1.29, 1.82) is 0 Å². The zero-order valence-electron chi connectivity index (χ0n) is 18.1. The van der Waals surface area contributed by atoms with Gasteiger partial charge in [-0.05, 0) is 48.9 Å². The number of hydrogen-bond donors (Lipinski definition) is 2. The Morgan fingerprint density at radius 1 is 1.22 bits per heavy atom. The number of nitrogens with zero attached hydrogens (tertiary/aromatic N) is 3. The molecule has 3 heterocycles. The molecule has 1 amide bonds. The Balaban J connectivity index is 1.67. The zero-order valence-corrected chi connectivity index (χ0v) is 18.1. The van der Waals surface area contributed by atoms with E-state index in [4.69, 9.17) is 9.72 Å². The first-order valence-corrected chi connectivity index (χ1v) is 10.4. The number of methoxy groups -OCH3 is 1. The highest BCUT2D eigenvalue weighted by Crippen LogP contribution is 2.35. The number of halogens is 1. The van der Waals surface area contributed by atoms with Gasteiger partial charge in [-0.15, -0.1) is 0 Å². The molecule has 0 fully saturated rings. The van der Waals surface area contributed by atoms with Crippen LogP contribution in [0, 0.1) is 5.82 Å². The molecule has 4 rings (SSSR count). The predicted octanol–water partition coefficient (Wildman–Crippen LogP) is 3.72. The molecule has 3 aromatic rings. The maximum absolute atomic E-state index is 13.7. The van der Waals surface area contributed by atoms with Crippen LogP contribution in [-0.4, -0.2) is 47.6 Å². The summed E-state index contributed by atoms with van der Waals surface area (Å²) in [6.45, 7) is 4.26. The van der Waals surface area contributed by atoms with Gasteiger partial charge in [-0.1, -0.05) is 12.1 Å². The Labute approximate surface area is 186 Å². The van der Waals surface area contributed by atoms with Crippen LogP contribution in [0.25, 0.3) is 0 Å². The molecule has 0 spiro atoms. The number of aromatic nitrogens is 2. The molecule has 2 aromatic heterocycles. The summed E-state index contributed by atoms with van der Waals surface area (Å²) in [7, 11) is 1.66. The first kappa shape index (κ1) is 21.9. The van der Waals surface area contributed by atoms with Crippen molar-refractivity contribution in [3.8, 4) is 0 Å². The quantitative estimate of drug-likeness (QED) is 0.589. The molecule has 1 aromatic carbocycles. The summed E-state index contributed by atoms with van der Waals surface area (Å²) in [4.78, 5) is 24.6. The summed E-state index contributed by atoms with van der Waals surface area (Å²) in [5, 5.41) is 6.12. The van der Waals surface area contributed by atoms with Gasteiger partial charge in [0.2, 0.25) is 5.91 Å². The Kier molecular flexibility index (Phi) is 6.43. The molecule has 0 aliphatic carbocycles. The summed E-state index contributed by atoms with van der Waals surface area (Å²) in [5.74, 6) is -0.0100. The van der Waals surface area contributed by atoms with E-state index in [1.54, 1.807) is 31.6 Å². The molecule has 7 nitrogen and oxygen atoms in total. The molecule has 166 valence electrons. The van der Waals surface area contributed by atoms with E-state index < -0.39 is 11.2 Å². The zero-order chi connectivity index (χ0) is 22.6. The number of nitrogens with one attached hydrogen (secondary N) is 2. The third-order valence-corrected chi connectivity index (χ3v) is 5.56. The average Bonchev–Trinajstić information content (AvgIpc) is 2.79. The molecule has 0 saturated heterocycles. The van der Waals surface area contributed by atoms with E-state index in [2.05, 4.69) is 20.5 Å². The molecular formula is C24H26FN5O2. The van der Waals surface area contributed by atoms with Gasteiger partial charge in [-0.25, -0.2) is 9.37 Å². The Hall–Kier alpha value is -3.36. The van der Waals surface area contributed by atoms with Crippen molar-refractivity contribution in [2.24, 2.45) is 0 Å². The number of carbonyl (C=O) groups is 1. The van der Waals surface area contributed by atoms with Gasteiger partial charge in [0.05, 0.1) is 24.2 Å². The minimum atomic E-state index is -0.944. The lowest BCUT2D eigenvalue weighted by molar-refractivity contribution is -0.122. The summed E-state index contributed by atoms with van der Waals surface area (Å²) >= 11 is 0. The number of amides is 1. The predicted molar refractivity (Wildman–Crippen MR) is 121 cm³/mol. The number of hydrogen-bond acceptors (Lipinski definition) is 6. The van der Waals surface area contributed by atoms with Crippen LogP contribution < -0.4 is 10.6 Å². The molecule has 0 radical (unpaired) electrons. The summed E-state index contributed by atoms with van der Waals surface area (Å²) in [6, 6.07) is 13.5. The van der Waals surface area contributed by atoms with E-state index in [1.165, 1.54) is 12.1 Å². The van der Waals surface area contributed by atoms with E-state index in [0.29, 0.717) is 43.4 Å². The number of ether oxygens (including phenoxy) is 1. The highest BCUT2D eigenvalue weighted by Gasteiger charge is 2.43. The molecule has 1 aliphatic rings. The summed E-state index contributed by atoms with van der Waals surface area (Å²) in [6.07, 6.45) is 3.41. The molecule has 1 atom stereocenters. The molecule has 2 N–H and O–H groups in total. The topological polar surface area (TPSA) is 79.4 Å². The third kappa shape index (κ3) is 4.76. The van der Waals surface area contributed by atoms with Crippen molar-refractivity contribution in [3.05, 3.63) is 78.0 Å². The molecule has 0 bridgehead atoms. The van der Waals surface area contributed by atoms with Gasteiger partial charge in [-0.3, -0.25) is 14.7 Å². The highest BCUT2D eigenvalue weighted by atomic mass is 19.1. The SMILES string of the molecule is COCCN1Cc2ccc(Nc3cccnc3)nc2C(C)(C(=O)Nc2cccc(F)c2)C1. The van der Waals surface area contributed by atoms with E-state index >= 15 is 0 Å².